The standard InChI is InChI=1S/C13H20FN3/c1-10-4-5-12(13(14)15-10)17-8-6-11(7-9-17)16(2)3/h4-5,11H,6-9H2,1-3H3. The molecule has 2 heterocycles. The Labute approximate surface area is 102 Å². The van der Waals surface area contributed by atoms with E-state index < -0.39 is 0 Å². The largest absolute Gasteiger partial charge is 0.368 e. The molecule has 1 aromatic heterocycles. The maximum atomic E-state index is 13.7. The molecule has 0 saturated carbocycles. The van der Waals surface area contributed by atoms with E-state index in [-0.39, 0.29) is 5.95 Å². The number of hydrogen-bond acceptors (Lipinski definition) is 3. The Morgan fingerprint density at radius 2 is 1.94 bits per heavy atom. The van der Waals surface area contributed by atoms with E-state index in [1.54, 1.807) is 0 Å². The molecule has 0 aromatic carbocycles. The average molecular weight is 237 g/mol. The summed E-state index contributed by atoms with van der Waals surface area (Å²) >= 11 is 0. The van der Waals surface area contributed by atoms with Crippen LogP contribution in [0.5, 0.6) is 0 Å². The summed E-state index contributed by atoms with van der Waals surface area (Å²) in [7, 11) is 4.21. The molecule has 0 unspecified atom stereocenters. The Morgan fingerprint density at radius 3 is 2.47 bits per heavy atom. The molecule has 0 bridgehead atoms. The molecule has 17 heavy (non-hydrogen) atoms. The summed E-state index contributed by atoms with van der Waals surface area (Å²) in [5.41, 5.74) is 1.38. The second-order valence-corrected chi connectivity index (χ2v) is 4.94. The Kier molecular flexibility index (Phi) is 3.62. The minimum Gasteiger partial charge on any atom is -0.368 e. The zero-order valence-electron chi connectivity index (χ0n) is 10.8. The van der Waals surface area contributed by atoms with Crippen LogP contribution in [-0.2, 0) is 0 Å². The highest BCUT2D eigenvalue weighted by molar-refractivity contribution is 5.46. The van der Waals surface area contributed by atoms with E-state index in [1.807, 2.05) is 19.1 Å². The molecule has 3 nitrogen and oxygen atoms in total. The topological polar surface area (TPSA) is 19.4 Å². The lowest BCUT2D eigenvalue weighted by atomic mass is 10.0. The van der Waals surface area contributed by atoms with Gasteiger partial charge in [0.25, 0.3) is 0 Å². The van der Waals surface area contributed by atoms with Crippen molar-refractivity contribution in [1.29, 1.82) is 0 Å². The minimum absolute atomic E-state index is 0.340. The highest BCUT2D eigenvalue weighted by atomic mass is 19.1. The van der Waals surface area contributed by atoms with Crippen LogP contribution in [0.15, 0.2) is 12.1 Å². The number of halogens is 1. The first-order valence-electron chi connectivity index (χ1n) is 6.12. The number of aryl methyl sites for hydroxylation is 1. The number of hydrogen-bond donors (Lipinski definition) is 0. The van der Waals surface area contributed by atoms with Crippen LogP contribution in [0.1, 0.15) is 18.5 Å². The van der Waals surface area contributed by atoms with E-state index >= 15 is 0 Å². The van der Waals surface area contributed by atoms with E-state index in [4.69, 9.17) is 0 Å². The Bertz CT molecular complexity index is 384. The summed E-state index contributed by atoms with van der Waals surface area (Å²) < 4.78 is 13.7. The van der Waals surface area contributed by atoms with Crippen molar-refractivity contribution in [2.45, 2.75) is 25.8 Å². The molecule has 4 heteroatoms. The van der Waals surface area contributed by atoms with Crippen molar-refractivity contribution in [3.05, 3.63) is 23.8 Å². The molecule has 1 aromatic rings. The zero-order valence-corrected chi connectivity index (χ0v) is 10.8. The molecule has 1 saturated heterocycles. The molecule has 2 rings (SSSR count). The first-order chi connectivity index (χ1) is 8.08. The van der Waals surface area contributed by atoms with E-state index in [1.165, 1.54) is 0 Å². The maximum Gasteiger partial charge on any atom is 0.236 e. The smallest absolute Gasteiger partial charge is 0.236 e. The Morgan fingerprint density at radius 1 is 1.29 bits per heavy atom. The lowest BCUT2D eigenvalue weighted by Crippen LogP contribution is -2.42. The van der Waals surface area contributed by atoms with Crippen molar-refractivity contribution in [3.8, 4) is 0 Å². The molecule has 0 N–H and O–H groups in total. The van der Waals surface area contributed by atoms with Crippen molar-refractivity contribution in [3.63, 3.8) is 0 Å². The van der Waals surface area contributed by atoms with Crippen LogP contribution in [0.2, 0.25) is 0 Å². The summed E-state index contributed by atoms with van der Waals surface area (Å²) in [6.45, 7) is 3.63. The fourth-order valence-electron chi connectivity index (χ4n) is 2.38. The molecule has 0 amide bonds. The Hall–Kier alpha value is -1.16. The van der Waals surface area contributed by atoms with E-state index in [9.17, 15) is 4.39 Å². The van der Waals surface area contributed by atoms with Gasteiger partial charge in [0.15, 0.2) is 0 Å². The third kappa shape index (κ3) is 2.75. The summed E-state index contributed by atoms with van der Waals surface area (Å²) in [6, 6.07) is 4.33. The van der Waals surface area contributed by atoms with Crippen LogP contribution in [-0.4, -0.2) is 43.1 Å². The number of piperidine rings is 1. The van der Waals surface area contributed by atoms with Crippen molar-refractivity contribution in [2.75, 3.05) is 32.1 Å². The quantitative estimate of drug-likeness (QED) is 0.734. The Balaban J connectivity index is 2.05. The monoisotopic (exact) mass is 237 g/mol. The molecule has 0 atom stereocenters. The lowest BCUT2D eigenvalue weighted by molar-refractivity contribution is 0.249. The fourth-order valence-corrected chi connectivity index (χ4v) is 2.38. The first-order valence-corrected chi connectivity index (χ1v) is 6.12. The van der Waals surface area contributed by atoms with E-state index in [2.05, 4.69) is 28.9 Å². The summed E-state index contributed by atoms with van der Waals surface area (Å²) in [5.74, 6) is -0.340. The van der Waals surface area contributed by atoms with Crippen molar-refractivity contribution in [2.24, 2.45) is 0 Å². The van der Waals surface area contributed by atoms with Gasteiger partial charge in [-0.3, -0.25) is 0 Å². The number of pyridine rings is 1. The third-order valence-electron chi connectivity index (χ3n) is 3.50. The van der Waals surface area contributed by atoms with Crippen LogP contribution < -0.4 is 4.90 Å². The second-order valence-electron chi connectivity index (χ2n) is 4.94. The summed E-state index contributed by atoms with van der Waals surface area (Å²) in [6.07, 6.45) is 2.17. The third-order valence-corrected chi connectivity index (χ3v) is 3.50. The van der Waals surface area contributed by atoms with Gasteiger partial charge in [-0.15, -0.1) is 0 Å². The van der Waals surface area contributed by atoms with Crippen LogP contribution >= 0.6 is 0 Å². The van der Waals surface area contributed by atoms with Crippen LogP contribution in [0, 0.1) is 12.9 Å². The van der Waals surface area contributed by atoms with Crippen molar-refractivity contribution < 1.29 is 4.39 Å². The molecule has 1 aliphatic heterocycles. The highest BCUT2D eigenvalue weighted by Crippen LogP contribution is 2.23. The predicted molar refractivity (Wildman–Crippen MR) is 67.9 cm³/mol. The van der Waals surface area contributed by atoms with Gasteiger partial charge in [0.05, 0.1) is 5.69 Å². The van der Waals surface area contributed by atoms with Gasteiger partial charge in [0, 0.05) is 24.8 Å². The van der Waals surface area contributed by atoms with Gasteiger partial charge in [-0.1, -0.05) is 0 Å². The van der Waals surface area contributed by atoms with Crippen LogP contribution in [0.4, 0.5) is 10.1 Å². The molecule has 94 valence electrons. The predicted octanol–water partition coefficient (Wildman–Crippen LogP) is 2.06. The van der Waals surface area contributed by atoms with Gasteiger partial charge in [-0.25, -0.2) is 4.98 Å². The number of aromatic nitrogens is 1. The van der Waals surface area contributed by atoms with Gasteiger partial charge in [-0.2, -0.15) is 4.39 Å². The maximum absolute atomic E-state index is 13.7. The van der Waals surface area contributed by atoms with E-state index in [0.29, 0.717) is 11.7 Å². The normalized spacial score (nSPS) is 17.8. The van der Waals surface area contributed by atoms with Crippen molar-refractivity contribution >= 4 is 5.69 Å². The first kappa shape index (κ1) is 12.3. The molecule has 1 aliphatic rings. The van der Waals surface area contributed by atoms with Crippen molar-refractivity contribution in [1.82, 2.24) is 9.88 Å². The molecule has 0 radical (unpaired) electrons. The molecule has 0 spiro atoms. The van der Waals surface area contributed by atoms with Gasteiger partial charge in [-0.05, 0) is 46.0 Å². The van der Waals surface area contributed by atoms with Crippen LogP contribution in [0.25, 0.3) is 0 Å². The summed E-state index contributed by atoms with van der Waals surface area (Å²) in [5, 5.41) is 0. The van der Waals surface area contributed by atoms with Gasteiger partial charge < -0.3 is 9.80 Å². The summed E-state index contributed by atoms with van der Waals surface area (Å²) in [4.78, 5) is 8.23. The van der Waals surface area contributed by atoms with Gasteiger partial charge in [0.2, 0.25) is 5.95 Å². The second kappa shape index (κ2) is 5.00. The highest BCUT2D eigenvalue weighted by Gasteiger charge is 2.22. The average Bonchev–Trinajstić information content (AvgIpc) is 2.29. The number of rotatable bonds is 2. The lowest BCUT2D eigenvalue weighted by Gasteiger charge is -2.36. The minimum atomic E-state index is -0.340. The zero-order chi connectivity index (χ0) is 12.4. The van der Waals surface area contributed by atoms with Gasteiger partial charge >= 0.3 is 0 Å². The molecular weight excluding hydrogens is 217 g/mol. The fraction of sp³-hybridized carbons (Fsp3) is 0.615. The molecule has 0 aliphatic carbocycles. The number of anilines is 1. The SMILES string of the molecule is Cc1ccc(N2CCC(N(C)C)CC2)c(F)n1. The van der Waals surface area contributed by atoms with E-state index in [0.717, 1.165) is 31.6 Å². The van der Waals surface area contributed by atoms with Crippen LogP contribution in [0.3, 0.4) is 0 Å². The number of nitrogens with zero attached hydrogens (tertiary/aromatic N) is 3. The van der Waals surface area contributed by atoms with Gasteiger partial charge in [0.1, 0.15) is 0 Å². The molecule has 1 fully saturated rings. The molecular formula is C13H20FN3.